The van der Waals surface area contributed by atoms with E-state index in [4.69, 9.17) is 9.47 Å². The lowest BCUT2D eigenvalue weighted by Gasteiger charge is -2.09. The smallest absolute Gasteiger partial charge is 0.271 e. The summed E-state index contributed by atoms with van der Waals surface area (Å²) in [6, 6.07) is 16.9. The summed E-state index contributed by atoms with van der Waals surface area (Å²) in [6.07, 6.45) is 5.47. The molecule has 154 valence electrons. The van der Waals surface area contributed by atoms with Crippen LogP contribution in [0.5, 0.6) is 11.5 Å². The SMILES string of the molecule is Cc1ccc(OCCCOc2cccc(/C=N/NC(=O)c3ccncc3)c2)cc1C. The molecule has 0 radical (unpaired) electrons. The molecule has 0 aliphatic rings. The van der Waals surface area contributed by atoms with E-state index in [1.54, 1.807) is 30.7 Å². The molecule has 3 rings (SSSR count). The van der Waals surface area contributed by atoms with Gasteiger partial charge in [0.25, 0.3) is 5.91 Å². The average molecular weight is 403 g/mol. The first-order valence-electron chi connectivity index (χ1n) is 9.78. The summed E-state index contributed by atoms with van der Waals surface area (Å²) in [5, 5.41) is 4.00. The van der Waals surface area contributed by atoms with E-state index in [1.807, 2.05) is 36.4 Å². The molecule has 1 N–H and O–H groups in total. The highest BCUT2D eigenvalue weighted by atomic mass is 16.5. The minimum Gasteiger partial charge on any atom is -0.493 e. The first-order valence-corrected chi connectivity index (χ1v) is 9.78. The van der Waals surface area contributed by atoms with Gasteiger partial charge in [0.15, 0.2) is 0 Å². The molecule has 0 atom stereocenters. The number of aromatic nitrogens is 1. The Labute approximate surface area is 176 Å². The molecule has 0 aliphatic heterocycles. The maximum absolute atomic E-state index is 12.0. The Morgan fingerprint density at radius 1 is 0.967 bits per heavy atom. The molecule has 0 aliphatic carbocycles. The van der Waals surface area contributed by atoms with Crippen molar-refractivity contribution in [1.29, 1.82) is 0 Å². The molecule has 2 aromatic carbocycles. The lowest BCUT2D eigenvalue weighted by Crippen LogP contribution is -2.17. The van der Waals surface area contributed by atoms with E-state index in [9.17, 15) is 4.79 Å². The molecule has 0 spiro atoms. The van der Waals surface area contributed by atoms with Crippen LogP contribution in [0.15, 0.2) is 72.1 Å². The van der Waals surface area contributed by atoms with Crippen molar-refractivity contribution in [1.82, 2.24) is 10.4 Å². The normalized spacial score (nSPS) is 10.7. The Balaban J connectivity index is 1.41. The molecule has 0 saturated heterocycles. The van der Waals surface area contributed by atoms with Crippen molar-refractivity contribution in [3.05, 3.63) is 89.2 Å². The zero-order valence-corrected chi connectivity index (χ0v) is 17.2. The summed E-state index contributed by atoms with van der Waals surface area (Å²) in [5.74, 6) is 1.33. The summed E-state index contributed by atoms with van der Waals surface area (Å²) < 4.78 is 11.6. The van der Waals surface area contributed by atoms with Crippen LogP contribution < -0.4 is 14.9 Å². The highest BCUT2D eigenvalue weighted by molar-refractivity contribution is 5.94. The number of pyridine rings is 1. The van der Waals surface area contributed by atoms with Crippen molar-refractivity contribution in [2.24, 2.45) is 5.10 Å². The van der Waals surface area contributed by atoms with E-state index >= 15 is 0 Å². The van der Waals surface area contributed by atoms with Gasteiger partial charge in [-0.15, -0.1) is 0 Å². The average Bonchev–Trinajstić information content (AvgIpc) is 2.77. The largest absolute Gasteiger partial charge is 0.493 e. The van der Waals surface area contributed by atoms with Gasteiger partial charge < -0.3 is 9.47 Å². The van der Waals surface area contributed by atoms with Gasteiger partial charge in [0.05, 0.1) is 19.4 Å². The first-order chi connectivity index (χ1) is 14.6. The van der Waals surface area contributed by atoms with E-state index < -0.39 is 0 Å². The van der Waals surface area contributed by atoms with E-state index in [-0.39, 0.29) is 5.91 Å². The van der Waals surface area contributed by atoms with Gasteiger partial charge in [-0.25, -0.2) is 5.43 Å². The van der Waals surface area contributed by atoms with Gasteiger partial charge in [0.1, 0.15) is 11.5 Å². The topological polar surface area (TPSA) is 72.8 Å². The second kappa shape index (κ2) is 10.8. The van der Waals surface area contributed by atoms with Crippen molar-refractivity contribution < 1.29 is 14.3 Å². The zero-order chi connectivity index (χ0) is 21.2. The molecule has 1 heterocycles. The van der Waals surface area contributed by atoms with Gasteiger partial charge in [0.2, 0.25) is 0 Å². The number of nitrogens with one attached hydrogen (secondary N) is 1. The van der Waals surface area contributed by atoms with Crippen molar-refractivity contribution in [2.75, 3.05) is 13.2 Å². The molecular weight excluding hydrogens is 378 g/mol. The van der Waals surface area contributed by atoms with E-state index in [0.29, 0.717) is 18.8 Å². The fourth-order valence-corrected chi connectivity index (χ4v) is 2.66. The molecule has 6 heteroatoms. The highest BCUT2D eigenvalue weighted by Crippen LogP contribution is 2.17. The number of benzene rings is 2. The summed E-state index contributed by atoms with van der Waals surface area (Å²) >= 11 is 0. The number of carbonyl (C=O) groups excluding carboxylic acids is 1. The highest BCUT2D eigenvalue weighted by Gasteiger charge is 2.02. The Morgan fingerprint density at radius 3 is 2.43 bits per heavy atom. The number of hydrogen-bond donors (Lipinski definition) is 1. The molecule has 1 amide bonds. The number of amides is 1. The Hall–Kier alpha value is -3.67. The summed E-state index contributed by atoms with van der Waals surface area (Å²) in [4.78, 5) is 15.8. The molecule has 0 unspecified atom stereocenters. The van der Waals surface area contributed by atoms with E-state index in [2.05, 4.69) is 35.4 Å². The van der Waals surface area contributed by atoms with E-state index in [0.717, 1.165) is 23.5 Å². The van der Waals surface area contributed by atoms with E-state index in [1.165, 1.54) is 11.1 Å². The van der Waals surface area contributed by atoms with Gasteiger partial charge in [-0.05, 0) is 66.9 Å². The minimum atomic E-state index is -0.287. The number of nitrogens with zero attached hydrogens (tertiary/aromatic N) is 2. The number of ether oxygens (including phenoxy) is 2. The lowest BCUT2D eigenvalue weighted by atomic mass is 10.1. The third-order valence-corrected chi connectivity index (χ3v) is 4.48. The summed E-state index contributed by atoms with van der Waals surface area (Å²) in [5.41, 5.74) is 6.30. The van der Waals surface area contributed by atoms with Crippen LogP contribution in [-0.2, 0) is 0 Å². The minimum absolute atomic E-state index is 0.287. The van der Waals surface area contributed by atoms with Gasteiger partial charge in [-0.1, -0.05) is 18.2 Å². The molecule has 0 bridgehead atoms. The summed E-state index contributed by atoms with van der Waals surface area (Å²) in [6.45, 7) is 5.29. The molecular formula is C24H25N3O3. The van der Waals surface area contributed by atoms with Crippen molar-refractivity contribution in [2.45, 2.75) is 20.3 Å². The second-order valence-corrected chi connectivity index (χ2v) is 6.80. The Kier molecular flexibility index (Phi) is 7.55. The molecule has 0 fully saturated rings. The third kappa shape index (κ3) is 6.44. The van der Waals surface area contributed by atoms with Crippen LogP contribution in [-0.4, -0.2) is 30.3 Å². The van der Waals surface area contributed by atoms with Gasteiger partial charge in [-0.3, -0.25) is 9.78 Å². The van der Waals surface area contributed by atoms with Crippen LogP contribution in [0.2, 0.25) is 0 Å². The second-order valence-electron chi connectivity index (χ2n) is 6.80. The summed E-state index contributed by atoms with van der Waals surface area (Å²) in [7, 11) is 0. The molecule has 0 saturated carbocycles. The van der Waals surface area contributed by atoms with Crippen LogP contribution in [0.25, 0.3) is 0 Å². The zero-order valence-electron chi connectivity index (χ0n) is 17.2. The fourth-order valence-electron chi connectivity index (χ4n) is 2.66. The van der Waals surface area contributed by atoms with Crippen LogP contribution in [0.1, 0.15) is 33.5 Å². The van der Waals surface area contributed by atoms with Crippen molar-refractivity contribution in [3.8, 4) is 11.5 Å². The molecule has 3 aromatic rings. The standard InChI is InChI=1S/C24H25N3O3/c1-18-7-8-23(15-19(18)2)30-14-4-13-29-22-6-3-5-20(16-22)17-26-27-24(28)21-9-11-25-12-10-21/h3,5-12,15-17H,4,13-14H2,1-2H3,(H,27,28)/b26-17+. The monoisotopic (exact) mass is 403 g/mol. The number of hydrogen-bond acceptors (Lipinski definition) is 5. The molecule has 30 heavy (non-hydrogen) atoms. The Bertz CT molecular complexity index is 1000. The molecule has 1 aromatic heterocycles. The van der Waals surface area contributed by atoms with Crippen LogP contribution >= 0.6 is 0 Å². The maximum Gasteiger partial charge on any atom is 0.271 e. The van der Waals surface area contributed by atoms with Gasteiger partial charge in [-0.2, -0.15) is 5.10 Å². The van der Waals surface area contributed by atoms with Gasteiger partial charge in [0, 0.05) is 24.4 Å². The predicted molar refractivity (Wildman–Crippen MR) is 117 cm³/mol. The predicted octanol–water partition coefficient (Wildman–Crippen LogP) is 4.31. The maximum atomic E-state index is 12.0. The van der Waals surface area contributed by atoms with Crippen LogP contribution in [0.3, 0.4) is 0 Å². The number of rotatable bonds is 9. The number of carbonyl (C=O) groups is 1. The van der Waals surface area contributed by atoms with Crippen molar-refractivity contribution >= 4 is 12.1 Å². The lowest BCUT2D eigenvalue weighted by molar-refractivity contribution is 0.0955. The fraction of sp³-hybridized carbons (Fsp3) is 0.208. The first kappa shape index (κ1) is 21.0. The number of hydrazone groups is 1. The quantitative estimate of drug-likeness (QED) is 0.328. The number of aryl methyl sites for hydroxylation is 2. The van der Waals surface area contributed by atoms with Crippen molar-refractivity contribution in [3.63, 3.8) is 0 Å². The van der Waals surface area contributed by atoms with Crippen LogP contribution in [0.4, 0.5) is 0 Å². The van der Waals surface area contributed by atoms with Crippen LogP contribution in [0, 0.1) is 13.8 Å². The molecule has 6 nitrogen and oxygen atoms in total. The Morgan fingerprint density at radius 2 is 1.70 bits per heavy atom. The van der Waals surface area contributed by atoms with Gasteiger partial charge >= 0.3 is 0 Å². The third-order valence-electron chi connectivity index (χ3n) is 4.48.